The molecular formula is C13H24O11. The van der Waals surface area contributed by atoms with Crippen LogP contribution in [-0.2, 0) is 18.9 Å². The Labute approximate surface area is 137 Å². The highest BCUT2D eigenvalue weighted by atomic mass is 16.7. The predicted molar refractivity (Wildman–Crippen MR) is 73.4 cm³/mol. The van der Waals surface area contributed by atoms with Gasteiger partial charge in [0.2, 0.25) is 0 Å². The van der Waals surface area contributed by atoms with Gasteiger partial charge in [-0.1, -0.05) is 0 Å². The monoisotopic (exact) mass is 356 g/mol. The molecule has 24 heavy (non-hydrogen) atoms. The van der Waals surface area contributed by atoms with Crippen LogP contribution in [0.1, 0.15) is 0 Å². The second kappa shape index (κ2) is 8.29. The molecule has 10 atom stereocenters. The Hall–Kier alpha value is -0.440. The average molecular weight is 356 g/mol. The number of aliphatic hydroxyl groups is 7. The molecule has 2 fully saturated rings. The van der Waals surface area contributed by atoms with Crippen LogP contribution >= 0.6 is 0 Å². The van der Waals surface area contributed by atoms with Crippen LogP contribution in [0.4, 0.5) is 0 Å². The Bertz CT molecular complexity index is 394. The number of ether oxygens (including phenoxy) is 4. The van der Waals surface area contributed by atoms with Gasteiger partial charge >= 0.3 is 0 Å². The molecule has 0 amide bonds. The number of hydrogen-bond donors (Lipinski definition) is 7. The molecule has 0 aromatic heterocycles. The topological polar surface area (TPSA) is 179 Å². The highest BCUT2D eigenvalue weighted by molar-refractivity contribution is 4.94. The average Bonchev–Trinajstić information content (AvgIpc) is 2.58. The van der Waals surface area contributed by atoms with Crippen LogP contribution in [0.15, 0.2) is 0 Å². The smallest absolute Gasteiger partial charge is 0.187 e. The van der Waals surface area contributed by atoms with Crippen LogP contribution in [0.3, 0.4) is 0 Å². The van der Waals surface area contributed by atoms with E-state index in [1.807, 2.05) is 0 Å². The summed E-state index contributed by atoms with van der Waals surface area (Å²) in [7, 11) is 1.23. The lowest BCUT2D eigenvalue weighted by atomic mass is 9.97. The molecule has 2 rings (SSSR count). The minimum Gasteiger partial charge on any atom is -0.394 e. The van der Waals surface area contributed by atoms with Crippen molar-refractivity contribution in [2.75, 3.05) is 20.3 Å². The molecular weight excluding hydrogens is 332 g/mol. The van der Waals surface area contributed by atoms with Crippen molar-refractivity contribution in [3.8, 4) is 0 Å². The van der Waals surface area contributed by atoms with Crippen molar-refractivity contribution in [3.05, 3.63) is 0 Å². The highest BCUT2D eigenvalue weighted by Crippen LogP contribution is 2.29. The molecule has 2 saturated heterocycles. The molecule has 0 aliphatic carbocycles. The zero-order valence-corrected chi connectivity index (χ0v) is 13.0. The summed E-state index contributed by atoms with van der Waals surface area (Å²) in [6.45, 7) is -1.25. The summed E-state index contributed by atoms with van der Waals surface area (Å²) >= 11 is 0. The lowest BCUT2D eigenvalue weighted by Gasteiger charge is -2.45. The molecule has 142 valence electrons. The van der Waals surface area contributed by atoms with Gasteiger partial charge in [-0.15, -0.1) is 0 Å². The van der Waals surface area contributed by atoms with E-state index in [9.17, 15) is 30.6 Å². The van der Waals surface area contributed by atoms with Gasteiger partial charge in [-0.05, 0) is 0 Å². The fourth-order valence-corrected chi connectivity index (χ4v) is 2.80. The lowest BCUT2D eigenvalue weighted by Crippen LogP contribution is -2.64. The first-order valence-electron chi connectivity index (χ1n) is 7.46. The molecule has 2 aliphatic rings. The second-order valence-electron chi connectivity index (χ2n) is 5.74. The molecule has 2 heterocycles. The van der Waals surface area contributed by atoms with Crippen LogP contribution in [-0.4, -0.2) is 117 Å². The van der Waals surface area contributed by atoms with E-state index in [0.717, 1.165) is 0 Å². The Balaban J connectivity index is 2.16. The molecule has 0 bridgehead atoms. The molecule has 0 spiro atoms. The minimum absolute atomic E-state index is 0.608. The van der Waals surface area contributed by atoms with Gasteiger partial charge in [0.05, 0.1) is 13.2 Å². The van der Waals surface area contributed by atoms with Gasteiger partial charge in [0, 0.05) is 7.11 Å². The number of rotatable bonds is 5. The summed E-state index contributed by atoms with van der Waals surface area (Å²) in [5.41, 5.74) is 0. The van der Waals surface area contributed by atoms with E-state index in [-0.39, 0.29) is 0 Å². The summed E-state index contributed by atoms with van der Waals surface area (Å²) in [5, 5.41) is 67.9. The van der Waals surface area contributed by atoms with Crippen molar-refractivity contribution in [1.82, 2.24) is 0 Å². The van der Waals surface area contributed by atoms with E-state index in [4.69, 9.17) is 24.1 Å². The normalized spacial score (nSPS) is 50.0. The molecule has 0 saturated carbocycles. The predicted octanol–water partition coefficient (Wildman–Crippen LogP) is -4.74. The quantitative estimate of drug-likeness (QED) is 0.251. The summed E-state index contributed by atoms with van der Waals surface area (Å²) in [6.07, 6.45) is -14.2. The van der Waals surface area contributed by atoms with Gasteiger partial charge in [-0.2, -0.15) is 0 Å². The maximum absolute atomic E-state index is 10.2. The van der Waals surface area contributed by atoms with Crippen molar-refractivity contribution in [3.63, 3.8) is 0 Å². The van der Waals surface area contributed by atoms with Crippen molar-refractivity contribution < 1.29 is 54.7 Å². The van der Waals surface area contributed by atoms with Crippen LogP contribution in [0.2, 0.25) is 0 Å². The fourth-order valence-electron chi connectivity index (χ4n) is 2.80. The van der Waals surface area contributed by atoms with Crippen molar-refractivity contribution in [2.45, 2.75) is 61.4 Å². The zero-order valence-electron chi connectivity index (χ0n) is 13.0. The van der Waals surface area contributed by atoms with Crippen LogP contribution in [0, 0.1) is 0 Å². The number of methoxy groups -OCH3 is 1. The second-order valence-corrected chi connectivity index (χ2v) is 5.74. The first kappa shape index (κ1) is 19.9. The van der Waals surface area contributed by atoms with Crippen LogP contribution in [0.5, 0.6) is 0 Å². The molecule has 0 aromatic carbocycles. The Morgan fingerprint density at radius 2 is 1.33 bits per heavy atom. The van der Waals surface area contributed by atoms with E-state index in [1.54, 1.807) is 0 Å². The van der Waals surface area contributed by atoms with E-state index in [0.29, 0.717) is 0 Å². The van der Waals surface area contributed by atoms with E-state index < -0.39 is 74.6 Å². The summed E-state index contributed by atoms with van der Waals surface area (Å²) in [4.78, 5) is 0. The first-order valence-corrected chi connectivity index (χ1v) is 7.46. The van der Waals surface area contributed by atoms with Gasteiger partial charge in [-0.3, -0.25) is 0 Å². The largest absolute Gasteiger partial charge is 0.394 e. The third kappa shape index (κ3) is 3.71. The summed E-state index contributed by atoms with van der Waals surface area (Å²) in [6, 6.07) is 0. The maximum Gasteiger partial charge on any atom is 0.187 e. The minimum atomic E-state index is -1.68. The molecule has 0 aromatic rings. The molecule has 11 nitrogen and oxygen atoms in total. The van der Waals surface area contributed by atoms with Gasteiger partial charge < -0.3 is 54.7 Å². The van der Waals surface area contributed by atoms with Crippen molar-refractivity contribution in [1.29, 1.82) is 0 Å². The van der Waals surface area contributed by atoms with Crippen molar-refractivity contribution in [2.24, 2.45) is 0 Å². The number of hydrogen-bond acceptors (Lipinski definition) is 11. The third-order valence-electron chi connectivity index (χ3n) is 4.23. The summed E-state index contributed by atoms with van der Waals surface area (Å²) in [5.74, 6) is 0. The number of aliphatic hydroxyl groups excluding tert-OH is 7. The molecule has 0 radical (unpaired) electrons. The van der Waals surface area contributed by atoms with Gasteiger partial charge in [0.1, 0.15) is 48.8 Å². The highest BCUT2D eigenvalue weighted by Gasteiger charge is 2.50. The van der Waals surface area contributed by atoms with E-state index >= 15 is 0 Å². The van der Waals surface area contributed by atoms with Crippen molar-refractivity contribution >= 4 is 0 Å². The third-order valence-corrected chi connectivity index (χ3v) is 4.23. The Kier molecular flexibility index (Phi) is 6.87. The lowest BCUT2D eigenvalue weighted by molar-refractivity contribution is -0.357. The molecule has 7 N–H and O–H groups in total. The summed E-state index contributed by atoms with van der Waals surface area (Å²) < 4.78 is 20.6. The first-order chi connectivity index (χ1) is 11.3. The Morgan fingerprint density at radius 3 is 1.88 bits per heavy atom. The van der Waals surface area contributed by atoms with Gasteiger partial charge in [-0.25, -0.2) is 0 Å². The fraction of sp³-hybridized carbons (Fsp3) is 1.00. The zero-order chi connectivity index (χ0) is 18.0. The molecule has 11 heteroatoms. The van der Waals surface area contributed by atoms with Gasteiger partial charge in [0.15, 0.2) is 12.6 Å². The SMILES string of the molecule is CO[C@@H]1[C@@H](O[C@H]2O[C@H](CO)[C@H](O)[C@H](O)[C@H]2O)[C@@H](O)[C@@H](CO)O[C@@H]1O. The van der Waals surface area contributed by atoms with E-state index in [1.165, 1.54) is 7.11 Å². The molecule has 0 unspecified atom stereocenters. The van der Waals surface area contributed by atoms with Crippen LogP contribution < -0.4 is 0 Å². The van der Waals surface area contributed by atoms with Gasteiger partial charge in [0.25, 0.3) is 0 Å². The maximum atomic E-state index is 10.2. The van der Waals surface area contributed by atoms with Crippen LogP contribution in [0.25, 0.3) is 0 Å². The molecule has 2 aliphatic heterocycles. The Morgan fingerprint density at radius 1 is 0.750 bits per heavy atom. The standard InChI is InChI=1S/C13H24O11/c1-21-11-10(7(17)5(3-15)22-12(11)20)24-13-9(19)8(18)6(16)4(2-14)23-13/h4-20H,2-3H2,1H3/t4-,5-,6+,7+,8+,9-,10+,11-,12+,13-/m1/s1. The van der Waals surface area contributed by atoms with E-state index in [2.05, 4.69) is 0 Å².